The highest BCUT2D eigenvalue weighted by Crippen LogP contribution is 2.54. The number of benzene rings is 9. The van der Waals surface area contributed by atoms with Crippen LogP contribution in [0.1, 0.15) is 25.0 Å². The van der Waals surface area contributed by atoms with Crippen molar-refractivity contribution in [1.82, 2.24) is 19.9 Å². The van der Waals surface area contributed by atoms with Crippen molar-refractivity contribution in [1.29, 1.82) is 0 Å². The van der Waals surface area contributed by atoms with Crippen LogP contribution in [0, 0.1) is 0 Å². The van der Waals surface area contributed by atoms with Crippen LogP contribution in [0.25, 0.3) is 143 Å². The Kier molecular flexibility index (Phi) is 8.06. The lowest BCUT2D eigenvalue weighted by molar-refractivity contribution is 0.620. The van der Waals surface area contributed by atoms with Crippen LogP contribution in [0.4, 0.5) is 0 Å². The molecular formula is C65H40N4O. The second kappa shape index (κ2) is 14.5. The fourth-order valence-corrected chi connectivity index (χ4v) is 11.7. The number of hydrogen-bond donors (Lipinski definition) is 0. The van der Waals surface area contributed by atoms with Crippen LogP contribution >= 0.6 is 0 Å². The zero-order valence-electron chi connectivity index (χ0n) is 38.3. The first kappa shape index (κ1) is 39.0. The van der Waals surface area contributed by atoms with Crippen LogP contribution in [-0.4, -0.2) is 19.9 Å². The quantitative estimate of drug-likeness (QED) is 0.165. The highest BCUT2D eigenvalue weighted by molar-refractivity contribution is 6.19. The average Bonchev–Trinajstić information content (AvgIpc) is 3.90. The molecule has 0 fully saturated rings. The highest BCUT2D eigenvalue weighted by atomic mass is 16.3. The van der Waals surface area contributed by atoms with E-state index in [4.69, 9.17) is 19.4 Å². The smallest absolute Gasteiger partial charge is 0.140 e. The Balaban J connectivity index is 0.822. The van der Waals surface area contributed by atoms with E-state index in [9.17, 15) is 0 Å². The van der Waals surface area contributed by atoms with Gasteiger partial charge in [-0.15, -0.1) is 0 Å². The van der Waals surface area contributed by atoms with Crippen LogP contribution in [0.15, 0.2) is 211 Å². The Labute approximate surface area is 402 Å². The third-order valence-corrected chi connectivity index (χ3v) is 15.1. The molecule has 0 radical (unpaired) electrons. The Morgan fingerprint density at radius 2 is 0.971 bits per heavy atom. The summed E-state index contributed by atoms with van der Waals surface area (Å²) >= 11 is 0. The van der Waals surface area contributed by atoms with Crippen LogP contribution in [-0.2, 0) is 5.41 Å². The summed E-state index contributed by atoms with van der Waals surface area (Å²) in [6, 6.07) is 69.9. The van der Waals surface area contributed by atoms with Gasteiger partial charge in [-0.25, -0.2) is 9.97 Å². The minimum atomic E-state index is -0.326. The summed E-state index contributed by atoms with van der Waals surface area (Å²) < 4.78 is 6.92. The number of pyridine rings is 4. The van der Waals surface area contributed by atoms with Crippen LogP contribution in [0.5, 0.6) is 0 Å². The predicted molar refractivity (Wildman–Crippen MR) is 289 cm³/mol. The molecule has 5 heterocycles. The topological polar surface area (TPSA) is 64.7 Å². The van der Waals surface area contributed by atoms with E-state index in [0.29, 0.717) is 0 Å². The van der Waals surface area contributed by atoms with Crippen molar-refractivity contribution in [3.05, 3.63) is 218 Å². The summed E-state index contributed by atoms with van der Waals surface area (Å²) in [6.07, 6.45) is 3.69. The molecule has 15 rings (SSSR count). The van der Waals surface area contributed by atoms with Gasteiger partial charge in [0.1, 0.15) is 11.2 Å². The molecule has 0 atom stereocenters. The molecule has 0 spiro atoms. The zero-order valence-corrected chi connectivity index (χ0v) is 38.3. The van der Waals surface area contributed by atoms with Crippen molar-refractivity contribution in [2.45, 2.75) is 19.3 Å². The minimum absolute atomic E-state index is 0.326. The molecule has 1 aliphatic rings. The van der Waals surface area contributed by atoms with E-state index in [1.54, 1.807) is 0 Å². The summed E-state index contributed by atoms with van der Waals surface area (Å²) in [6.45, 7) is 4.70. The van der Waals surface area contributed by atoms with Crippen molar-refractivity contribution in [3.63, 3.8) is 0 Å². The van der Waals surface area contributed by atoms with E-state index in [-0.39, 0.29) is 5.41 Å². The lowest BCUT2D eigenvalue weighted by Crippen LogP contribution is -2.15. The van der Waals surface area contributed by atoms with Gasteiger partial charge in [0.05, 0.1) is 33.5 Å². The Hall–Kier alpha value is -9.06. The van der Waals surface area contributed by atoms with Crippen molar-refractivity contribution >= 4 is 87.1 Å². The van der Waals surface area contributed by atoms with E-state index in [1.807, 2.05) is 24.5 Å². The summed E-state index contributed by atoms with van der Waals surface area (Å²) in [7, 11) is 0. The molecule has 14 aromatic rings. The SMILES string of the molecule is CC1(C)c2cc(-c3ccc(-c4ccc5ccc6cccnc6c5n4)c4c3ccc3ccccc34)ccc2-c2ccc3c(oc4ccc(-c5cccc(-c6ccc7ccc8cccnc8c7n6)c5)cc43)c21. The van der Waals surface area contributed by atoms with Crippen molar-refractivity contribution < 1.29 is 4.42 Å². The first-order chi connectivity index (χ1) is 34.4. The van der Waals surface area contributed by atoms with Gasteiger partial charge in [-0.2, -0.15) is 0 Å². The van der Waals surface area contributed by atoms with Gasteiger partial charge in [0.25, 0.3) is 0 Å². The van der Waals surface area contributed by atoms with Gasteiger partial charge in [0.15, 0.2) is 0 Å². The van der Waals surface area contributed by atoms with E-state index >= 15 is 0 Å². The molecule has 1 aliphatic carbocycles. The normalized spacial score (nSPS) is 13.1. The molecule has 0 bridgehead atoms. The summed E-state index contributed by atoms with van der Waals surface area (Å²) in [5, 5.41) is 11.4. The molecule has 326 valence electrons. The van der Waals surface area contributed by atoms with Crippen LogP contribution < -0.4 is 0 Å². The third-order valence-electron chi connectivity index (χ3n) is 15.1. The molecule has 0 saturated carbocycles. The van der Waals surface area contributed by atoms with Gasteiger partial charge in [0, 0.05) is 66.8 Å². The molecule has 5 aromatic heterocycles. The maximum atomic E-state index is 6.92. The average molecular weight is 893 g/mol. The van der Waals surface area contributed by atoms with Crippen molar-refractivity contribution in [2.24, 2.45) is 0 Å². The van der Waals surface area contributed by atoms with E-state index in [2.05, 4.69) is 201 Å². The van der Waals surface area contributed by atoms with Crippen molar-refractivity contribution in [2.75, 3.05) is 0 Å². The standard InChI is InChI=1S/C65H40N4O/c1-65(2)54-36-44(46-25-28-52(58-47-13-4-3-8-37(47)18-24-49(46)58)56-30-21-41-17-15-39-12-7-33-67-61(39)63(41)69-56)19-23-48(54)50-26-27-51-53-35-43(22-31-57(53)70-64(51)59(50)65)42-9-5-10-45(34-42)55-29-20-40-16-14-38-11-6-32-66-60(38)62(40)68-55/h3-36H,1-2H3. The Morgan fingerprint density at radius 3 is 1.77 bits per heavy atom. The number of nitrogens with zero attached hydrogens (tertiary/aromatic N) is 4. The van der Waals surface area contributed by atoms with Gasteiger partial charge < -0.3 is 4.42 Å². The molecule has 70 heavy (non-hydrogen) atoms. The lowest BCUT2D eigenvalue weighted by Gasteiger charge is -2.22. The summed E-state index contributed by atoms with van der Waals surface area (Å²) in [5.74, 6) is 0. The monoisotopic (exact) mass is 892 g/mol. The van der Waals surface area contributed by atoms with Gasteiger partial charge in [-0.05, 0) is 115 Å². The van der Waals surface area contributed by atoms with Gasteiger partial charge in [-0.3, -0.25) is 9.97 Å². The lowest BCUT2D eigenvalue weighted by atomic mass is 9.80. The summed E-state index contributed by atoms with van der Waals surface area (Å²) in [5.41, 5.74) is 18.9. The fourth-order valence-electron chi connectivity index (χ4n) is 11.7. The van der Waals surface area contributed by atoms with Crippen molar-refractivity contribution in [3.8, 4) is 55.9 Å². The molecule has 0 N–H and O–H groups in total. The number of rotatable bonds is 4. The van der Waals surface area contributed by atoms with Crippen LogP contribution in [0.3, 0.4) is 0 Å². The second-order valence-electron chi connectivity index (χ2n) is 19.3. The molecule has 5 nitrogen and oxygen atoms in total. The zero-order chi connectivity index (χ0) is 46.2. The van der Waals surface area contributed by atoms with Gasteiger partial charge in [0.2, 0.25) is 0 Å². The fraction of sp³-hybridized carbons (Fsp3) is 0.0462. The molecule has 0 unspecified atom stereocenters. The maximum absolute atomic E-state index is 6.92. The second-order valence-corrected chi connectivity index (χ2v) is 19.3. The van der Waals surface area contributed by atoms with Crippen LogP contribution in [0.2, 0.25) is 0 Å². The largest absolute Gasteiger partial charge is 0.456 e. The number of fused-ring (bicyclic) bond motifs is 16. The highest BCUT2D eigenvalue weighted by Gasteiger charge is 2.39. The molecule has 5 heteroatoms. The Bertz CT molecular complexity index is 4580. The third kappa shape index (κ3) is 5.66. The van der Waals surface area contributed by atoms with Gasteiger partial charge >= 0.3 is 0 Å². The molecular weight excluding hydrogens is 853 g/mol. The van der Waals surface area contributed by atoms with E-state index < -0.39 is 0 Å². The number of aromatic nitrogens is 4. The Morgan fingerprint density at radius 1 is 0.371 bits per heavy atom. The molecule has 0 saturated heterocycles. The molecule has 0 amide bonds. The number of furan rings is 1. The van der Waals surface area contributed by atoms with Gasteiger partial charge in [-0.1, -0.05) is 153 Å². The molecule has 9 aromatic carbocycles. The predicted octanol–water partition coefficient (Wildman–Crippen LogP) is 17.1. The van der Waals surface area contributed by atoms with E-state index in [0.717, 1.165) is 99.2 Å². The number of hydrogen-bond acceptors (Lipinski definition) is 5. The first-order valence-electron chi connectivity index (χ1n) is 23.9. The minimum Gasteiger partial charge on any atom is -0.456 e. The maximum Gasteiger partial charge on any atom is 0.140 e. The first-order valence-corrected chi connectivity index (χ1v) is 23.9. The molecule has 0 aliphatic heterocycles. The van der Waals surface area contributed by atoms with E-state index in [1.165, 1.54) is 54.9 Å². The summed E-state index contributed by atoms with van der Waals surface area (Å²) in [4.78, 5) is 19.9.